The SMILES string of the molecule is CCOc1cccc(C(=O)c2ccc(C3CC3)c(OC)n2)c1. The van der Waals surface area contributed by atoms with Crippen molar-refractivity contribution in [3.05, 3.63) is 53.2 Å². The molecule has 4 nitrogen and oxygen atoms in total. The van der Waals surface area contributed by atoms with E-state index in [-0.39, 0.29) is 5.78 Å². The van der Waals surface area contributed by atoms with Gasteiger partial charge in [0, 0.05) is 11.1 Å². The lowest BCUT2D eigenvalue weighted by atomic mass is 10.1. The highest BCUT2D eigenvalue weighted by Gasteiger charge is 2.28. The minimum Gasteiger partial charge on any atom is -0.494 e. The molecule has 4 heteroatoms. The lowest BCUT2D eigenvalue weighted by molar-refractivity contribution is 0.103. The first-order valence-corrected chi connectivity index (χ1v) is 7.55. The number of hydrogen-bond acceptors (Lipinski definition) is 4. The normalized spacial score (nSPS) is 13.7. The van der Waals surface area contributed by atoms with Crippen molar-refractivity contribution in [1.29, 1.82) is 0 Å². The van der Waals surface area contributed by atoms with E-state index >= 15 is 0 Å². The molecule has 0 N–H and O–H groups in total. The number of rotatable bonds is 6. The van der Waals surface area contributed by atoms with Gasteiger partial charge in [0.25, 0.3) is 0 Å². The van der Waals surface area contributed by atoms with Crippen LogP contribution in [0.1, 0.15) is 47.3 Å². The predicted molar refractivity (Wildman–Crippen MR) is 83.8 cm³/mol. The van der Waals surface area contributed by atoms with Crippen molar-refractivity contribution in [3.8, 4) is 11.6 Å². The number of benzene rings is 1. The van der Waals surface area contributed by atoms with Crippen LogP contribution in [0.4, 0.5) is 0 Å². The molecule has 1 fully saturated rings. The van der Waals surface area contributed by atoms with E-state index in [0.29, 0.717) is 35.4 Å². The van der Waals surface area contributed by atoms with Gasteiger partial charge in [-0.05, 0) is 43.9 Å². The zero-order chi connectivity index (χ0) is 15.5. The Balaban J connectivity index is 1.89. The van der Waals surface area contributed by atoms with Crippen LogP contribution in [-0.2, 0) is 0 Å². The molecule has 114 valence electrons. The van der Waals surface area contributed by atoms with Gasteiger partial charge in [0.05, 0.1) is 13.7 Å². The standard InChI is InChI=1S/C18H19NO3/c1-3-22-14-6-4-5-13(11-14)17(20)16-10-9-15(12-7-8-12)18(19-16)21-2/h4-6,9-12H,3,7-8H2,1-2H3. The fourth-order valence-corrected chi connectivity index (χ4v) is 2.49. The van der Waals surface area contributed by atoms with Gasteiger partial charge in [0.15, 0.2) is 0 Å². The van der Waals surface area contributed by atoms with Crippen molar-refractivity contribution in [2.45, 2.75) is 25.7 Å². The molecule has 0 spiro atoms. The quantitative estimate of drug-likeness (QED) is 0.764. The van der Waals surface area contributed by atoms with Crippen molar-refractivity contribution in [2.24, 2.45) is 0 Å². The molecule has 1 aromatic carbocycles. The predicted octanol–water partition coefficient (Wildman–Crippen LogP) is 3.60. The summed E-state index contributed by atoms with van der Waals surface area (Å²) in [6.45, 7) is 2.48. The van der Waals surface area contributed by atoms with E-state index in [1.54, 1.807) is 25.3 Å². The molecule has 0 amide bonds. The average molecular weight is 297 g/mol. The molecule has 2 aromatic rings. The van der Waals surface area contributed by atoms with Crippen LogP contribution in [0.3, 0.4) is 0 Å². The van der Waals surface area contributed by atoms with Crippen molar-refractivity contribution in [1.82, 2.24) is 4.98 Å². The average Bonchev–Trinajstić information content (AvgIpc) is 3.39. The van der Waals surface area contributed by atoms with Crippen LogP contribution in [0.15, 0.2) is 36.4 Å². The Labute approximate surface area is 130 Å². The Morgan fingerprint density at radius 1 is 1.27 bits per heavy atom. The second-order valence-electron chi connectivity index (χ2n) is 5.36. The summed E-state index contributed by atoms with van der Waals surface area (Å²) >= 11 is 0. The number of carbonyl (C=O) groups excluding carboxylic acids is 1. The zero-order valence-corrected chi connectivity index (χ0v) is 12.8. The van der Waals surface area contributed by atoms with Crippen molar-refractivity contribution >= 4 is 5.78 Å². The molecule has 0 bridgehead atoms. The maximum atomic E-state index is 12.6. The number of pyridine rings is 1. The summed E-state index contributed by atoms with van der Waals surface area (Å²) in [5.41, 5.74) is 2.07. The Hall–Kier alpha value is -2.36. The molecule has 1 heterocycles. The van der Waals surface area contributed by atoms with Gasteiger partial charge >= 0.3 is 0 Å². The summed E-state index contributed by atoms with van der Waals surface area (Å²) in [6.07, 6.45) is 2.34. The van der Waals surface area contributed by atoms with E-state index in [1.807, 2.05) is 25.1 Å². The third kappa shape index (κ3) is 2.96. The maximum absolute atomic E-state index is 12.6. The molecule has 3 rings (SSSR count). The minimum atomic E-state index is -0.123. The molecule has 1 saturated carbocycles. The van der Waals surface area contributed by atoms with E-state index in [1.165, 1.54) is 12.8 Å². The number of ketones is 1. The summed E-state index contributed by atoms with van der Waals surface area (Å²) < 4.78 is 10.8. The van der Waals surface area contributed by atoms with Gasteiger partial charge < -0.3 is 9.47 Å². The first kappa shape index (κ1) is 14.6. The van der Waals surface area contributed by atoms with Crippen molar-refractivity contribution in [3.63, 3.8) is 0 Å². The van der Waals surface area contributed by atoms with E-state index < -0.39 is 0 Å². The van der Waals surface area contributed by atoms with Gasteiger partial charge in [-0.15, -0.1) is 0 Å². The summed E-state index contributed by atoms with van der Waals surface area (Å²) in [4.78, 5) is 17.0. The van der Waals surface area contributed by atoms with Gasteiger partial charge in [-0.25, -0.2) is 4.98 Å². The highest BCUT2D eigenvalue weighted by atomic mass is 16.5. The van der Waals surface area contributed by atoms with Crippen LogP contribution < -0.4 is 9.47 Å². The molecule has 1 aliphatic carbocycles. The highest BCUT2D eigenvalue weighted by molar-refractivity contribution is 6.08. The van der Waals surface area contributed by atoms with Crippen molar-refractivity contribution < 1.29 is 14.3 Å². The Bertz CT molecular complexity index is 692. The van der Waals surface area contributed by atoms with Crippen LogP contribution in [0.5, 0.6) is 11.6 Å². The van der Waals surface area contributed by atoms with Gasteiger partial charge in [-0.3, -0.25) is 4.79 Å². The third-order valence-corrected chi connectivity index (χ3v) is 3.74. The monoisotopic (exact) mass is 297 g/mol. The molecule has 0 radical (unpaired) electrons. The van der Waals surface area contributed by atoms with Gasteiger partial charge in [-0.2, -0.15) is 0 Å². The first-order chi connectivity index (χ1) is 10.7. The van der Waals surface area contributed by atoms with Crippen LogP contribution in [0.25, 0.3) is 0 Å². The third-order valence-electron chi connectivity index (χ3n) is 3.74. The van der Waals surface area contributed by atoms with Gasteiger partial charge in [-0.1, -0.05) is 18.2 Å². The van der Waals surface area contributed by atoms with E-state index in [0.717, 1.165) is 5.56 Å². The number of carbonyl (C=O) groups is 1. The molecule has 22 heavy (non-hydrogen) atoms. The fourth-order valence-electron chi connectivity index (χ4n) is 2.49. The number of aromatic nitrogens is 1. The van der Waals surface area contributed by atoms with E-state index in [9.17, 15) is 4.79 Å². The molecular formula is C18H19NO3. The fraction of sp³-hybridized carbons (Fsp3) is 0.333. The van der Waals surface area contributed by atoms with Crippen LogP contribution >= 0.6 is 0 Å². The smallest absolute Gasteiger partial charge is 0.217 e. The highest BCUT2D eigenvalue weighted by Crippen LogP contribution is 2.43. The van der Waals surface area contributed by atoms with Gasteiger partial charge in [0.2, 0.25) is 11.7 Å². The molecule has 1 aromatic heterocycles. The van der Waals surface area contributed by atoms with Crippen LogP contribution in [0, 0.1) is 0 Å². The Morgan fingerprint density at radius 3 is 2.77 bits per heavy atom. The topological polar surface area (TPSA) is 48.4 Å². The number of methoxy groups -OCH3 is 1. The lowest BCUT2D eigenvalue weighted by Gasteiger charge is -2.09. The second-order valence-corrected chi connectivity index (χ2v) is 5.36. The molecular weight excluding hydrogens is 278 g/mol. The maximum Gasteiger partial charge on any atom is 0.217 e. The largest absolute Gasteiger partial charge is 0.494 e. The molecule has 0 atom stereocenters. The number of ether oxygens (including phenoxy) is 2. The lowest BCUT2D eigenvalue weighted by Crippen LogP contribution is -2.07. The van der Waals surface area contributed by atoms with Crippen LogP contribution in [0.2, 0.25) is 0 Å². The number of hydrogen-bond donors (Lipinski definition) is 0. The number of nitrogens with zero attached hydrogens (tertiary/aromatic N) is 1. The minimum absolute atomic E-state index is 0.123. The Morgan fingerprint density at radius 2 is 2.09 bits per heavy atom. The van der Waals surface area contributed by atoms with E-state index in [4.69, 9.17) is 9.47 Å². The Kier molecular flexibility index (Phi) is 4.09. The van der Waals surface area contributed by atoms with E-state index in [2.05, 4.69) is 4.98 Å². The van der Waals surface area contributed by atoms with Crippen molar-refractivity contribution in [2.75, 3.05) is 13.7 Å². The molecule has 0 aliphatic heterocycles. The molecule has 0 saturated heterocycles. The second kappa shape index (κ2) is 6.18. The molecule has 0 unspecified atom stereocenters. The van der Waals surface area contributed by atoms with Gasteiger partial charge in [0.1, 0.15) is 11.4 Å². The zero-order valence-electron chi connectivity index (χ0n) is 12.8. The first-order valence-electron chi connectivity index (χ1n) is 7.55. The summed E-state index contributed by atoms with van der Waals surface area (Å²) in [5, 5.41) is 0. The summed E-state index contributed by atoms with van der Waals surface area (Å²) in [6, 6.07) is 10.9. The molecule has 1 aliphatic rings. The summed E-state index contributed by atoms with van der Waals surface area (Å²) in [5.74, 6) is 1.67. The van der Waals surface area contributed by atoms with Crippen LogP contribution in [-0.4, -0.2) is 24.5 Å². The summed E-state index contributed by atoms with van der Waals surface area (Å²) in [7, 11) is 1.60.